The number of carbonyl (C=O) groups is 1. The summed E-state index contributed by atoms with van der Waals surface area (Å²) in [4.78, 5) is 12.3. The van der Waals surface area contributed by atoms with E-state index in [9.17, 15) is 13.2 Å². The van der Waals surface area contributed by atoms with Gasteiger partial charge in [0.1, 0.15) is 5.52 Å². The normalized spacial score (nSPS) is 11.7. The number of rotatable bonds is 5. The lowest BCUT2D eigenvalue weighted by Crippen LogP contribution is -2.27. The molecule has 0 fully saturated rings. The van der Waals surface area contributed by atoms with Gasteiger partial charge >= 0.3 is 0 Å². The Balaban J connectivity index is 1.65. The standard InChI is InChI=1S/C15H13BrN4O3S/c16-11-5-7-12(8-6-11)24(22,23)17-10-9-15(21)20-14-4-2-1-3-13(14)18-19-20/h1-8,17H,9-10H2. The zero-order valence-corrected chi connectivity index (χ0v) is 14.8. The first-order valence-electron chi connectivity index (χ1n) is 7.06. The Morgan fingerprint density at radius 1 is 1.12 bits per heavy atom. The van der Waals surface area contributed by atoms with E-state index >= 15 is 0 Å². The maximum atomic E-state index is 12.2. The van der Waals surface area contributed by atoms with E-state index in [2.05, 4.69) is 31.0 Å². The van der Waals surface area contributed by atoms with Gasteiger partial charge in [0.25, 0.3) is 0 Å². The van der Waals surface area contributed by atoms with Crippen molar-refractivity contribution in [3.8, 4) is 0 Å². The van der Waals surface area contributed by atoms with Crippen molar-refractivity contribution in [3.63, 3.8) is 0 Å². The van der Waals surface area contributed by atoms with Gasteiger partial charge in [-0.25, -0.2) is 13.1 Å². The quantitative estimate of drug-likeness (QED) is 0.698. The summed E-state index contributed by atoms with van der Waals surface area (Å²) in [5.41, 5.74) is 1.21. The number of carbonyl (C=O) groups excluding carboxylic acids is 1. The predicted octanol–water partition coefficient (Wildman–Crippen LogP) is 2.20. The van der Waals surface area contributed by atoms with E-state index in [4.69, 9.17) is 0 Å². The van der Waals surface area contributed by atoms with Crippen LogP contribution in [-0.4, -0.2) is 35.9 Å². The van der Waals surface area contributed by atoms with E-state index in [0.717, 1.165) is 4.47 Å². The van der Waals surface area contributed by atoms with Crippen LogP contribution in [0.4, 0.5) is 0 Å². The van der Waals surface area contributed by atoms with Crippen molar-refractivity contribution in [1.82, 2.24) is 19.7 Å². The molecule has 0 unspecified atom stereocenters. The average molecular weight is 409 g/mol. The van der Waals surface area contributed by atoms with Gasteiger partial charge in [-0.2, -0.15) is 4.68 Å². The van der Waals surface area contributed by atoms with Crippen molar-refractivity contribution in [2.24, 2.45) is 0 Å². The van der Waals surface area contributed by atoms with Crippen molar-refractivity contribution in [3.05, 3.63) is 53.0 Å². The third-order valence-electron chi connectivity index (χ3n) is 3.34. The molecule has 0 atom stereocenters. The number of aromatic nitrogens is 3. The summed E-state index contributed by atoms with van der Waals surface area (Å²) in [5.74, 6) is -0.331. The van der Waals surface area contributed by atoms with Crippen LogP contribution in [0.5, 0.6) is 0 Å². The molecule has 3 rings (SSSR count). The molecule has 1 aromatic heterocycles. The summed E-state index contributed by atoms with van der Waals surface area (Å²) in [6.45, 7) is -0.0224. The minimum absolute atomic E-state index is 0.0224. The van der Waals surface area contributed by atoms with Crippen LogP contribution >= 0.6 is 15.9 Å². The van der Waals surface area contributed by atoms with Gasteiger partial charge in [0.05, 0.1) is 10.4 Å². The van der Waals surface area contributed by atoms with E-state index in [1.165, 1.54) is 16.8 Å². The number of nitrogens with zero attached hydrogens (tertiary/aromatic N) is 3. The molecule has 24 heavy (non-hydrogen) atoms. The lowest BCUT2D eigenvalue weighted by molar-refractivity contribution is 0.0892. The van der Waals surface area contributed by atoms with Gasteiger partial charge in [0, 0.05) is 17.4 Å². The van der Waals surface area contributed by atoms with E-state index in [0.29, 0.717) is 11.0 Å². The molecule has 0 bridgehead atoms. The van der Waals surface area contributed by atoms with Gasteiger partial charge in [-0.3, -0.25) is 4.79 Å². The number of halogens is 1. The third kappa shape index (κ3) is 3.53. The number of nitrogens with one attached hydrogen (secondary N) is 1. The number of hydrogen-bond acceptors (Lipinski definition) is 5. The topological polar surface area (TPSA) is 94.0 Å². The molecular weight excluding hydrogens is 396 g/mol. The first-order valence-corrected chi connectivity index (χ1v) is 9.34. The predicted molar refractivity (Wildman–Crippen MR) is 92.1 cm³/mol. The highest BCUT2D eigenvalue weighted by molar-refractivity contribution is 9.10. The molecule has 0 saturated heterocycles. The Hall–Kier alpha value is -2.10. The van der Waals surface area contributed by atoms with Gasteiger partial charge in [-0.1, -0.05) is 33.3 Å². The third-order valence-corrected chi connectivity index (χ3v) is 5.35. The molecule has 0 amide bonds. The lowest BCUT2D eigenvalue weighted by Gasteiger charge is -2.06. The molecular formula is C15H13BrN4O3S. The van der Waals surface area contributed by atoms with Crippen LogP contribution in [0.1, 0.15) is 11.2 Å². The smallest absolute Gasteiger partial charge is 0.250 e. The van der Waals surface area contributed by atoms with Gasteiger partial charge in [0.2, 0.25) is 15.9 Å². The summed E-state index contributed by atoms with van der Waals surface area (Å²) in [6.07, 6.45) is -0.0247. The molecule has 1 heterocycles. The van der Waals surface area contributed by atoms with Gasteiger partial charge in [-0.05, 0) is 36.4 Å². The Morgan fingerprint density at radius 3 is 2.58 bits per heavy atom. The fourth-order valence-corrected chi connectivity index (χ4v) is 3.44. The minimum atomic E-state index is -3.65. The van der Waals surface area contributed by atoms with Crippen LogP contribution in [0.3, 0.4) is 0 Å². The molecule has 0 aliphatic carbocycles. The number of sulfonamides is 1. The highest BCUT2D eigenvalue weighted by Gasteiger charge is 2.16. The fourth-order valence-electron chi connectivity index (χ4n) is 2.15. The summed E-state index contributed by atoms with van der Waals surface area (Å²) >= 11 is 3.25. The summed E-state index contributed by atoms with van der Waals surface area (Å²) in [5, 5.41) is 7.71. The van der Waals surface area contributed by atoms with Crippen LogP contribution < -0.4 is 4.72 Å². The molecule has 0 radical (unpaired) electrons. The van der Waals surface area contributed by atoms with Gasteiger partial charge in [-0.15, -0.1) is 5.10 Å². The second kappa shape index (κ2) is 6.80. The molecule has 0 saturated carbocycles. The van der Waals surface area contributed by atoms with Crippen molar-refractivity contribution in [2.45, 2.75) is 11.3 Å². The van der Waals surface area contributed by atoms with Crippen LogP contribution in [0.15, 0.2) is 57.9 Å². The summed E-state index contributed by atoms with van der Waals surface area (Å²) < 4.78 is 28.7. The number of benzene rings is 2. The molecule has 1 N–H and O–H groups in total. The van der Waals surface area contributed by atoms with Crippen LogP contribution in [-0.2, 0) is 10.0 Å². The number of fused-ring (bicyclic) bond motifs is 1. The van der Waals surface area contributed by atoms with Crippen molar-refractivity contribution >= 4 is 42.9 Å². The first-order chi connectivity index (χ1) is 11.5. The van der Waals surface area contributed by atoms with Crippen LogP contribution in [0.2, 0.25) is 0 Å². The average Bonchev–Trinajstić information content (AvgIpc) is 2.99. The zero-order valence-electron chi connectivity index (χ0n) is 12.4. The monoisotopic (exact) mass is 408 g/mol. The Labute approximate surface area is 146 Å². The lowest BCUT2D eigenvalue weighted by atomic mass is 10.3. The van der Waals surface area contributed by atoms with E-state index in [-0.39, 0.29) is 23.8 Å². The Kier molecular flexibility index (Phi) is 4.74. The maximum Gasteiger partial charge on any atom is 0.250 e. The summed E-state index contributed by atoms with van der Waals surface area (Å²) in [6, 6.07) is 13.3. The molecule has 2 aromatic carbocycles. The molecule has 3 aromatic rings. The Morgan fingerprint density at radius 2 is 1.83 bits per heavy atom. The van der Waals surface area contributed by atoms with Gasteiger partial charge in [0.15, 0.2) is 0 Å². The number of hydrogen-bond donors (Lipinski definition) is 1. The van der Waals surface area contributed by atoms with Crippen LogP contribution in [0.25, 0.3) is 11.0 Å². The zero-order chi connectivity index (χ0) is 17.2. The molecule has 0 spiro atoms. The highest BCUT2D eigenvalue weighted by atomic mass is 79.9. The van der Waals surface area contributed by atoms with E-state index in [1.807, 2.05) is 0 Å². The van der Waals surface area contributed by atoms with Crippen LogP contribution in [0, 0.1) is 0 Å². The second-order valence-electron chi connectivity index (χ2n) is 4.99. The molecule has 124 valence electrons. The van der Waals surface area contributed by atoms with E-state index < -0.39 is 10.0 Å². The van der Waals surface area contributed by atoms with Crippen molar-refractivity contribution < 1.29 is 13.2 Å². The number of para-hydroxylation sites is 1. The molecule has 9 heteroatoms. The Bertz CT molecular complexity index is 983. The highest BCUT2D eigenvalue weighted by Crippen LogP contribution is 2.14. The fraction of sp³-hybridized carbons (Fsp3) is 0.133. The van der Waals surface area contributed by atoms with E-state index in [1.54, 1.807) is 36.4 Å². The first kappa shape index (κ1) is 16.7. The molecule has 0 aliphatic rings. The minimum Gasteiger partial charge on any atom is -0.272 e. The largest absolute Gasteiger partial charge is 0.272 e. The molecule has 0 aliphatic heterocycles. The van der Waals surface area contributed by atoms with Crippen molar-refractivity contribution in [2.75, 3.05) is 6.54 Å². The SMILES string of the molecule is O=C(CCNS(=O)(=O)c1ccc(Br)cc1)n1nnc2ccccc21. The molecule has 7 nitrogen and oxygen atoms in total. The van der Waals surface area contributed by atoms with Gasteiger partial charge < -0.3 is 0 Å². The second-order valence-corrected chi connectivity index (χ2v) is 7.67. The van der Waals surface area contributed by atoms with Crippen molar-refractivity contribution in [1.29, 1.82) is 0 Å². The summed E-state index contributed by atoms with van der Waals surface area (Å²) in [7, 11) is -3.65. The maximum absolute atomic E-state index is 12.2.